The van der Waals surface area contributed by atoms with Crippen LogP contribution in [0, 0.1) is 0 Å². The number of nitrogens with one attached hydrogen (secondary N) is 2. The molecule has 0 radical (unpaired) electrons. The molecule has 0 spiro atoms. The first kappa shape index (κ1) is 21.4. The number of ether oxygens (including phenoxy) is 2. The molecule has 29 heavy (non-hydrogen) atoms. The molecule has 1 aromatic rings. The van der Waals surface area contributed by atoms with Crippen molar-refractivity contribution in [1.82, 2.24) is 14.9 Å². The topological polar surface area (TPSA) is 114 Å². The van der Waals surface area contributed by atoms with Gasteiger partial charge in [-0.15, -0.1) is 0 Å². The number of hydrogen-bond donors (Lipinski definition) is 2. The van der Waals surface area contributed by atoms with Gasteiger partial charge in [0.1, 0.15) is 19.3 Å². The van der Waals surface area contributed by atoms with Crippen molar-refractivity contribution >= 4 is 21.8 Å². The van der Waals surface area contributed by atoms with Gasteiger partial charge in [0.15, 0.2) is 11.5 Å². The molecule has 0 unspecified atom stereocenters. The lowest BCUT2D eigenvalue weighted by Gasteiger charge is -2.25. The van der Waals surface area contributed by atoms with Crippen LogP contribution < -0.4 is 20.1 Å². The fourth-order valence-corrected chi connectivity index (χ4v) is 5.03. The molecule has 9 nitrogen and oxygen atoms in total. The summed E-state index contributed by atoms with van der Waals surface area (Å²) in [7, 11) is -3.90. The lowest BCUT2D eigenvalue weighted by Crippen LogP contribution is -2.50. The van der Waals surface area contributed by atoms with E-state index < -0.39 is 27.5 Å². The van der Waals surface area contributed by atoms with Crippen LogP contribution in [0.15, 0.2) is 23.1 Å². The molecule has 2 heterocycles. The minimum atomic E-state index is -3.90. The molecule has 2 N–H and O–H groups in total. The smallest absolute Gasteiger partial charge is 0.243 e. The minimum Gasteiger partial charge on any atom is -0.486 e. The second-order valence-electron chi connectivity index (χ2n) is 8.10. The van der Waals surface area contributed by atoms with Crippen LogP contribution in [0.2, 0.25) is 0 Å². The number of nitrogens with zero attached hydrogens (tertiary/aromatic N) is 1. The maximum atomic E-state index is 13.1. The second kappa shape index (κ2) is 8.19. The molecule has 1 saturated heterocycles. The summed E-state index contributed by atoms with van der Waals surface area (Å²) in [4.78, 5) is 24.6. The molecule has 160 valence electrons. The fourth-order valence-electron chi connectivity index (χ4n) is 3.36. The molecule has 3 rings (SSSR count). The van der Waals surface area contributed by atoms with E-state index in [0.717, 1.165) is 0 Å². The lowest BCUT2D eigenvalue weighted by molar-refractivity contribution is -0.128. The van der Waals surface area contributed by atoms with Gasteiger partial charge in [-0.3, -0.25) is 9.59 Å². The Kier molecular flexibility index (Phi) is 6.04. The van der Waals surface area contributed by atoms with Crippen LogP contribution in [0.5, 0.6) is 11.5 Å². The van der Waals surface area contributed by atoms with Crippen LogP contribution in [-0.2, 0) is 19.6 Å². The SMILES string of the molecule is CC(C)(C)NC(=O)CNC(=O)[C@@H]1CCCN1S(=O)(=O)c1ccc2c(c1)OCCO2. The van der Waals surface area contributed by atoms with Crippen molar-refractivity contribution in [2.45, 2.75) is 50.1 Å². The van der Waals surface area contributed by atoms with Crippen LogP contribution in [0.25, 0.3) is 0 Å². The minimum absolute atomic E-state index is 0.0481. The third-order valence-electron chi connectivity index (χ3n) is 4.56. The maximum Gasteiger partial charge on any atom is 0.243 e. The highest BCUT2D eigenvalue weighted by Crippen LogP contribution is 2.34. The Bertz CT molecular complexity index is 894. The lowest BCUT2D eigenvalue weighted by atomic mass is 10.1. The number of amides is 2. The van der Waals surface area contributed by atoms with Gasteiger partial charge in [-0.25, -0.2) is 8.42 Å². The van der Waals surface area contributed by atoms with E-state index >= 15 is 0 Å². The van der Waals surface area contributed by atoms with Gasteiger partial charge in [-0.05, 0) is 45.7 Å². The number of benzene rings is 1. The fraction of sp³-hybridized carbons (Fsp3) is 0.579. The van der Waals surface area contributed by atoms with E-state index in [2.05, 4.69) is 10.6 Å². The standard InChI is InChI=1S/C19H27N3O6S/c1-19(2,3)21-17(23)12-20-18(24)14-5-4-8-22(14)29(25,26)13-6-7-15-16(11-13)28-10-9-27-15/h6-7,11,14H,4-5,8-10,12H2,1-3H3,(H,20,24)(H,21,23)/t14-/m0/s1. The molecule has 2 aliphatic heterocycles. The zero-order valence-corrected chi connectivity index (χ0v) is 17.7. The Labute approximate surface area is 170 Å². The molecule has 0 aromatic heterocycles. The van der Waals surface area contributed by atoms with E-state index in [9.17, 15) is 18.0 Å². The zero-order chi connectivity index (χ0) is 21.2. The first-order valence-electron chi connectivity index (χ1n) is 9.58. The first-order valence-corrected chi connectivity index (χ1v) is 11.0. The monoisotopic (exact) mass is 425 g/mol. The molecular formula is C19H27N3O6S. The predicted octanol–water partition coefficient (Wildman–Crippen LogP) is 0.642. The summed E-state index contributed by atoms with van der Waals surface area (Å²) in [5.74, 6) is 0.0601. The Morgan fingerprint density at radius 3 is 2.55 bits per heavy atom. The Morgan fingerprint density at radius 1 is 1.17 bits per heavy atom. The van der Waals surface area contributed by atoms with Gasteiger partial charge in [0.2, 0.25) is 21.8 Å². The van der Waals surface area contributed by atoms with Gasteiger partial charge in [-0.2, -0.15) is 4.31 Å². The van der Waals surface area contributed by atoms with E-state index in [0.29, 0.717) is 37.6 Å². The Morgan fingerprint density at radius 2 is 1.86 bits per heavy atom. The normalized spacial score (nSPS) is 19.6. The number of rotatable bonds is 5. The number of sulfonamides is 1. The molecule has 2 aliphatic rings. The quantitative estimate of drug-likeness (QED) is 0.716. The largest absolute Gasteiger partial charge is 0.486 e. The average molecular weight is 426 g/mol. The Hall–Kier alpha value is -2.33. The highest BCUT2D eigenvalue weighted by Gasteiger charge is 2.40. The molecular weight excluding hydrogens is 398 g/mol. The summed E-state index contributed by atoms with van der Waals surface area (Å²) < 4.78 is 38.4. The molecule has 1 aromatic carbocycles. The molecule has 2 amide bonds. The van der Waals surface area contributed by atoms with Crippen LogP contribution in [-0.4, -0.2) is 62.4 Å². The third-order valence-corrected chi connectivity index (χ3v) is 6.47. The van der Waals surface area contributed by atoms with Gasteiger partial charge in [0.25, 0.3) is 0 Å². The number of hydrogen-bond acceptors (Lipinski definition) is 6. The highest BCUT2D eigenvalue weighted by molar-refractivity contribution is 7.89. The van der Waals surface area contributed by atoms with E-state index in [4.69, 9.17) is 9.47 Å². The van der Waals surface area contributed by atoms with Crippen LogP contribution in [0.4, 0.5) is 0 Å². The maximum absolute atomic E-state index is 13.1. The van der Waals surface area contributed by atoms with Crippen molar-refractivity contribution in [2.24, 2.45) is 0 Å². The number of fused-ring (bicyclic) bond motifs is 1. The van der Waals surface area contributed by atoms with Gasteiger partial charge in [-0.1, -0.05) is 0 Å². The van der Waals surface area contributed by atoms with Crippen LogP contribution in [0.1, 0.15) is 33.6 Å². The Balaban J connectivity index is 1.70. The van der Waals surface area contributed by atoms with Crippen LogP contribution >= 0.6 is 0 Å². The molecule has 0 bridgehead atoms. The van der Waals surface area contributed by atoms with Crippen molar-refractivity contribution in [1.29, 1.82) is 0 Å². The van der Waals surface area contributed by atoms with E-state index in [1.165, 1.54) is 16.4 Å². The van der Waals surface area contributed by atoms with Gasteiger partial charge < -0.3 is 20.1 Å². The van der Waals surface area contributed by atoms with E-state index in [1.807, 2.05) is 20.8 Å². The van der Waals surface area contributed by atoms with Gasteiger partial charge >= 0.3 is 0 Å². The zero-order valence-electron chi connectivity index (χ0n) is 16.9. The summed E-state index contributed by atoms with van der Waals surface area (Å²) in [6, 6.07) is 3.58. The molecule has 0 saturated carbocycles. The van der Waals surface area contributed by atoms with Gasteiger partial charge in [0, 0.05) is 18.2 Å². The third kappa shape index (κ3) is 4.99. The molecule has 10 heteroatoms. The van der Waals surface area contributed by atoms with Crippen molar-refractivity contribution in [3.8, 4) is 11.5 Å². The predicted molar refractivity (Wildman–Crippen MR) is 105 cm³/mol. The average Bonchev–Trinajstić information content (AvgIpc) is 3.15. The van der Waals surface area contributed by atoms with Gasteiger partial charge in [0.05, 0.1) is 11.4 Å². The molecule has 0 aliphatic carbocycles. The number of carbonyl (C=O) groups is 2. The van der Waals surface area contributed by atoms with Crippen molar-refractivity contribution in [2.75, 3.05) is 26.3 Å². The van der Waals surface area contributed by atoms with Crippen molar-refractivity contribution in [3.05, 3.63) is 18.2 Å². The van der Waals surface area contributed by atoms with Crippen molar-refractivity contribution < 1.29 is 27.5 Å². The van der Waals surface area contributed by atoms with E-state index in [-0.39, 0.29) is 23.9 Å². The molecule has 1 fully saturated rings. The van der Waals surface area contributed by atoms with E-state index in [1.54, 1.807) is 6.07 Å². The number of carbonyl (C=O) groups excluding carboxylic acids is 2. The van der Waals surface area contributed by atoms with Crippen LogP contribution in [0.3, 0.4) is 0 Å². The summed E-state index contributed by atoms with van der Waals surface area (Å²) in [6.45, 7) is 6.31. The first-order chi connectivity index (χ1) is 13.6. The second-order valence-corrected chi connectivity index (χ2v) is 9.99. The summed E-state index contributed by atoms with van der Waals surface area (Å²) in [6.07, 6.45) is 0.965. The van der Waals surface area contributed by atoms with Crippen molar-refractivity contribution in [3.63, 3.8) is 0 Å². The molecule has 1 atom stereocenters. The summed E-state index contributed by atoms with van der Waals surface area (Å²) in [5, 5.41) is 5.30. The summed E-state index contributed by atoms with van der Waals surface area (Å²) in [5.41, 5.74) is -0.414. The highest BCUT2D eigenvalue weighted by atomic mass is 32.2. The summed E-state index contributed by atoms with van der Waals surface area (Å²) >= 11 is 0.